The molecule has 1 aliphatic rings. The molecule has 1 fully saturated rings. The standard InChI is InChI=1S/C22H25FN4O2/c1-27-9-7-15(8-10-27)13-29-21-12-19-16(11-20(21)28-2)22(25-14-24-19)26-18-6-4-3-5-17(18)23/h3-6,11-12,14-15H,7-10,13H2,1-2H3,(H,24,25,26). The second-order valence-corrected chi connectivity index (χ2v) is 7.40. The number of halogens is 1. The van der Waals surface area contributed by atoms with Crippen LogP contribution in [0.3, 0.4) is 0 Å². The van der Waals surface area contributed by atoms with Gasteiger partial charge in [-0.05, 0) is 57.1 Å². The molecule has 0 bridgehead atoms. The molecule has 0 aliphatic carbocycles. The molecular weight excluding hydrogens is 371 g/mol. The molecule has 0 spiro atoms. The lowest BCUT2D eigenvalue weighted by Crippen LogP contribution is -2.32. The number of likely N-dealkylation sites (tertiary alicyclic amines) is 1. The van der Waals surface area contributed by atoms with E-state index in [1.807, 2.05) is 12.1 Å². The number of anilines is 2. The predicted octanol–water partition coefficient (Wildman–Crippen LogP) is 4.24. The summed E-state index contributed by atoms with van der Waals surface area (Å²) in [4.78, 5) is 11.0. The van der Waals surface area contributed by atoms with E-state index in [1.165, 1.54) is 12.4 Å². The highest BCUT2D eigenvalue weighted by Crippen LogP contribution is 2.35. The van der Waals surface area contributed by atoms with Crippen molar-refractivity contribution in [2.24, 2.45) is 5.92 Å². The summed E-state index contributed by atoms with van der Waals surface area (Å²) in [5, 5.41) is 3.78. The number of ether oxygens (including phenoxy) is 2. The van der Waals surface area contributed by atoms with Gasteiger partial charge in [-0.15, -0.1) is 0 Å². The van der Waals surface area contributed by atoms with Crippen LogP contribution in [-0.2, 0) is 0 Å². The first-order valence-electron chi connectivity index (χ1n) is 9.79. The average molecular weight is 396 g/mol. The molecule has 0 unspecified atom stereocenters. The number of fused-ring (bicyclic) bond motifs is 1. The largest absolute Gasteiger partial charge is 0.493 e. The number of hydrogen-bond donors (Lipinski definition) is 1. The topological polar surface area (TPSA) is 59.5 Å². The Morgan fingerprint density at radius 3 is 2.69 bits per heavy atom. The van der Waals surface area contributed by atoms with E-state index in [9.17, 15) is 4.39 Å². The summed E-state index contributed by atoms with van der Waals surface area (Å²) < 4.78 is 25.7. The third-order valence-corrected chi connectivity index (χ3v) is 5.36. The number of rotatable bonds is 6. The Labute approximate surface area is 169 Å². The molecule has 1 saturated heterocycles. The molecule has 2 aromatic carbocycles. The molecule has 0 atom stereocenters. The Morgan fingerprint density at radius 2 is 1.93 bits per heavy atom. The van der Waals surface area contributed by atoms with Gasteiger partial charge >= 0.3 is 0 Å². The number of methoxy groups -OCH3 is 1. The lowest BCUT2D eigenvalue weighted by Gasteiger charge is -2.28. The maximum absolute atomic E-state index is 14.0. The number of aromatic nitrogens is 2. The number of nitrogens with zero attached hydrogens (tertiary/aromatic N) is 3. The first kappa shape index (κ1) is 19.4. The van der Waals surface area contributed by atoms with Gasteiger partial charge in [-0.25, -0.2) is 14.4 Å². The van der Waals surface area contributed by atoms with E-state index in [-0.39, 0.29) is 5.82 Å². The first-order chi connectivity index (χ1) is 14.1. The van der Waals surface area contributed by atoms with Crippen LogP contribution in [0.4, 0.5) is 15.9 Å². The van der Waals surface area contributed by atoms with Crippen molar-refractivity contribution in [1.29, 1.82) is 0 Å². The van der Waals surface area contributed by atoms with E-state index in [0.717, 1.165) is 31.3 Å². The lowest BCUT2D eigenvalue weighted by molar-refractivity contribution is 0.157. The van der Waals surface area contributed by atoms with Crippen molar-refractivity contribution in [2.75, 3.05) is 39.2 Å². The zero-order valence-electron chi connectivity index (χ0n) is 16.7. The minimum absolute atomic E-state index is 0.343. The van der Waals surface area contributed by atoms with Crippen molar-refractivity contribution < 1.29 is 13.9 Å². The van der Waals surface area contributed by atoms with Gasteiger partial charge in [0.2, 0.25) is 0 Å². The quantitative estimate of drug-likeness (QED) is 0.673. The van der Waals surface area contributed by atoms with Crippen molar-refractivity contribution in [2.45, 2.75) is 12.8 Å². The molecule has 29 heavy (non-hydrogen) atoms. The average Bonchev–Trinajstić information content (AvgIpc) is 2.74. The van der Waals surface area contributed by atoms with Crippen molar-refractivity contribution in [3.63, 3.8) is 0 Å². The third-order valence-electron chi connectivity index (χ3n) is 5.36. The molecule has 4 rings (SSSR count). The summed E-state index contributed by atoms with van der Waals surface area (Å²) in [7, 11) is 3.76. The molecule has 6 nitrogen and oxygen atoms in total. The summed E-state index contributed by atoms with van der Waals surface area (Å²) in [6.45, 7) is 2.85. The highest BCUT2D eigenvalue weighted by molar-refractivity contribution is 5.93. The number of piperidine rings is 1. The first-order valence-corrected chi connectivity index (χ1v) is 9.79. The number of benzene rings is 2. The Bertz CT molecular complexity index is 990. The van der Waals surface area contributed by atoms with Crippen molar-refractivity contribution in [3.05, 3.63) is 48.5 Å². The molecule has 2 heterocycles. The molecule has 7 heteroatoms. The van der Waals surface area contributed by atoms with Gasteiger partial charge in [-0.2, -0.15) is 0 Å². The maximum atomic E-state index is 14.0. The van der Waals surface area contributed by atoms with Gasteiger partial charge in [0.25, 0.3) is 0 Å². The summed E-state index contributed by atoms with van der Waals surface area (Å²) in [6, 6.07) is 10.2. The van der Waals surface area contributed by atoms with Gasteiger partial charge in [0, 0.05) is 11.5 Å². The van der Waals surface area contributed by atoms with Gasteiger partial charge in [-0.3, -0.25) is 0 Å². The highest BCUT2D eigenvalue weighted by atomic mass is 19.1. The molecule has 1 aliphatic heterocycles. The smallest absolute Gasteiger partial charge is 0.163 e. The summed E-state index contributed by atoms with van der Waals surface area (Å²) in [5.41, 5.74) is 1.06. The van der Waals surface area contributed by atoms with Gasteiger partial charge in [-0.1, -0.05) is 12.1 Å². The number of para-hydroxylation sites is 1. The van der Waals surface area contributed by atoms with Crippen LogP contribution in [0.1, 0.15) is 12.8 Å². The van der Waals surface area contributed by atoms with E-state index in [4.69, 9.17) is 9.47 Å². The number of nitrogens with one attached hydrogen (secondary N) is 1. The van der Waals surface area contributed by atoms with Gasteiger partial charge in [0.15, 0.2) is 11.5 Å². The molecule has 3 aromatic rings. The highest BCUT2D eigenvalue weighted by Gasteiger charge is 2.19. The normalized spacial score (nSPS) is 15.4. The molecule has 1 aromatic heterocycles. The van der Waals surface area contributed by atoms with Crippen LogP contribution in [0.25, 0.3) is 10.9 Å². The van der Waals surface area contributed by atoms with E-state index in [0.29, 0.717) is 41.0 Å². The SMILES string of the molecule is COc1cc2c(Nc3ccccc3F)ncnc2cc1OCC1CCN(C)CC1. The minimum atomic E-state index is -0.343. The van der Waals surface area contributed by atoms with Crippen LogP contribution >= 0.6 is 0 Å². The fourth-order valence-electron chi connectivity index (χ4n) is 3.56. The minimum Gasteiger partial charge on any atom is -0.493 e. The van der Waals surface area contributed by atoms with E-state index in [2.05, 4.69) is 27.2 Å². The van der Waals surface area contributed by atoms with Crippen LogP contribution in [0, 0.1) is 11.7 Å². The third kappa shape index (κ3) is 4.40. The van der Waals surface area contributed by atoms with Gasteiger partial charge < -0.3 is 19.7 Å². The number of hydrogen-bond acceptors (Lipinski definition) is 6. The predicted molar refractivity (Wildman–Crippen MR) is 111 cm³/mol. The van der Waals surface area contributed by atoms with Crippen LogP contribution in [-0.4, -0.2) is 48.7 Å². The van der Waals surface area contributed by atoms with E-state index >= 15 is 0 Å². The Morgan fingerprint density at radius 1 is 1.14 bits per heavy atom. The molecule has 0 amide bonds. The zero-order valence-corrected chi connectivity index (χ0v) is 16.7. The second kappa shape index (κ2) is 8.61. The van der Waals surface area contributed by atoms with E-state index < -0.39 is 0 Å². The van der Waals surface area contributed by atoms with Gasteiger partial charge in [0.1, 0.15) is 18.0 Å². The van der Waals surface area contributed by atoms with E-state index in [1.54, 1.807) is 25.3 Å². The second-order valence-electron chi connectivity index (χ2n) is 7.40. The molecule has 0 radical (unpaired) electrons. The molecule has 152 valence electrons. The van der Waals surface area contributed by atoms with Crippen LogP contribution in [0.15, 0.2) is 42.7 Å². The lowest BCUT2D eigenvalue weighted by atomic mass is 9.98. The Hall–Kier alpha value is -2.93. The molecule has 0 saturated carbocycles. The Balaban J connectivity index is 1.58. The van der Waals surface area contributed by atoms with Crippen molar-refractivity contribution in [3.8, 4) is 11.5 Å². The summed E-state index contributed by atoms with van der Waals surface area (Å²) in [5.74, 6) is 1.98. The van der Waals surface area contributed by atoms with Crippen LogP contribution < -0.4 is 14.8 Å². The Kier molecular flexibility index (Phi) is 5.76. The monoisotopic (exact) mass is 396 g/mol. The zero-order chi connectivity index (χ0) is 20.2. The fraction of sp³-hybridized carbons (Fsp3) is 0.364. The maximum Gasteiger partial charge on any atom is 0.163 e. The summed E-state index contributed by atoms with van der Waals surface area (Å²) in [6.07, 6.45) is 3.72. The molecular formula is C22H25FN4O2. The van der Waals surface area contributed by atoms with Gasteiger partial charge in [0.05, 0.1) is 24.9 Å². The fourth-order valence-corrected chi connectivity index (χ4v) is 3.56. The van der Waals surface area contributed by atoms with Crippen LogP contribution in [0.5, 0.6) is 11.5 Å². The molecule has 1 N–H and O–H groups in total. The van der Waals surface area contributed by atoms with Crippen molar-refractivity contribution in [1.82, 2.24) is 14.9 Å². The van der Waals surface area contributed by atoms with Crippen molar-refractivity contribution >= 4 is 22.4 Å². The van der Waals surface area contributed by atoms with Crippen LogP contribution in [0.2, 0.25) is 0 Å². The summed E-state index contributed by atoms with van der Waals surface area (Å²) >= 11 is 0.